The average molecular weight is 278 g/mol. The van der Waals surface area contributed by atoms with E-state index < -0.39 is 0 Å². The van der Waals surface area contributed by atoms with Crippen LogP contribution in [0.2, 0.25) is 0 Å². The molecular formula is C15H16ClNO2. The largest absolute Gasteiger partial charge is 0.466 e. The van der Waals surface area contributed by atoms with Crippen LogP contribution in [0.25, 0.3) is 0 Å². The van der Waals surface area contributed by atoms with Crippen LogP contribution in [0.4, 0.5) is 0 Å². The van der Waals surface area contributed by atoms with Gasteiger partial charge in [0.25, 0.3) is 5.91 Å². The van der Waals surface area contributed by atoms with Crippen molar-refractivity contribution in [2.24, 2.45) is 0 Å². The Kier molecular flexibility index (Phi) is 4.27. The summed E-state index contributed by atoms with van der Waals surface area (Å²) in [5.74, 6) is 1.51. The number of amides is 1. The average Bonchev–Trinajstić information content (AvgIpc) is 2.76. The number of nitrogens with one attached hydrogen (secondary N) is 1. The monoisotopic (exact) mass is 277 g/mol. The van der Waals surface area contributed by atoms with Crippen molar-refractivity contribution in [3.05, 3.63) is 59.0 Å². The van der Waals surface area contributed by atoms with E-state index >= 15 is 0 Å². The first-order valence-electron chi connectivity index (χ1n) is 6.10. The minimum Gasteiger partial charge on any atom is -0.466 e. The molecule has 2 aromatic rings. The van der Waals surface area contributed by atoms with Gasteiger partial charge in [-0.2, -0.15) is 0 Å². The summed E-state index contributed by atoms with van der Waals surface area (Å²) in [6, 6.07) is 11.2. The number of hydrogen-bond donors (Lipinski definition) is 1. The second-order valence-corrected chi connectivity index (χ2v) is 4.73. The van der Waals surface area contributed by atoms with E-state index in [4.69, 9.17) is 16.0 Å². The number of hydrogen-bond acceptors (Lipinski definition) is 2. The molecule has 3 nitrogen and oxygen atoms in total. The first kappa shape index (κ1) is 13.7. The summed E-state index contributed by atoms with van der Waals surface area (Å²) >= 11 is 5.94. The molecule has 2 rings (SSSR count). The van der Waals surface area contributed by atoms with Crippen LogP contribution in [0.15, 0.2) is 40.8 Å². The number of halogens is 1. The highest BCUT2D eigenvalue weighted by Gasteiger charge is 2.18. The Hall–Kier alpha value is -1.74. The zero-order valence-corrected chi connectivity index (χ0v) is 11.7. The standard InChI is InChI=1S/C15H16ClNO2/c1-10-8-13(11(2)19-10)15(18)17-14(9-16)12-6-4-3-5-7-12/h3-8,14H,9H2,1-2H3,(H,17,18). The molecule has 0 aliphatic heterocycles. The van der Waals surface area contributed by atoms with E-state index in [1.807, 2.05) is 37.3 Å². The zero-order chi connectivity index (χ0) is 13.8. The van der Waals surface area contributed by atoms with Crippen LogP contribution in [-0.2, 0) is 0 Å². The van der Waals surface area contributed by atoms with Gasteiger partial charge in [-0.25, -0.2) is 0 Å². The van der Waals surface area contributed by atoms with Crippen molar-refractivity contribution >= 4 is 17.5 Å². The van der Waals surface area contributed by atoms with Gasteiger partial charge in [0.1, 0.15) is 11.5 Å². The highest BCUT2D eigenvalue weighted by molar-refractivity contribution is 6.18. The molecule has 1 unspecified atom stereocenters. The topological polar surface area (TPSA) is 42.2 Å². The molecule has 0 radical (unpaired) electrons. The molecule has 1 atom stereocenters. The Balaban J connectivity index is 2.15. The van der Waals surface area contributed by atoms with Crippen molar-refractivity contribution in [1.29, 1.82) is 0 Å². The van der Waals surface area contributed by atoms with Gasteiger partial charge in [-0.1, -0.05) is 30.3 Å². The fraction of sp³-hybridized carbons (Fsp3) is 0.267. The highest BCUT2D eigenvalue weighted by atomic mass is 35.5. The lowest BCUT2D eigenvalue weighted by atomic mass is 10.1. The van der Waals surface area contributed by atoms with Crippen LogP contribution < -0.4 is 5.32 Å². The summed E-state index contributed by atoms with van der Waals surface area (Å²) in [6.07, 6.45) is 0. The van der Waals surface area contributed by atoms with E-state index in [9.17, 15) is 4.79 Å². The van der Waals surface area contributed by atoms with Gasteiger partial charge < -0.3 is 9.73 Å². The second-order valence-electron chi connectivity index (χ2n) is 4.42. The third kappa shape index (κ3) is 3.18. The number of furan rings is 1. The number of carbonyl (C=O) groups excluding carboxylic acids is 1. The van der Waals surface area contributed by atoms with Crippen molar-refractivity contribution in [3.63, 3.8) is 0 Å². The molecule has 0 fully saturated rings. The summed E-state index contributed by atoms with van der Waals surface area (Å²) < 4.78 is 5.36. The van der Waals surface area contributed by atoms with E-state index in [1.165, 1.54) is 0 Å². The molecule has 0 bridgehead atoms. The molecule has 1 heterocycles. The van der Waals surface area contributed by atoms with Gasteiger partial charge in [0.2, 0.25) is 0 Å². The maximum Gasteiger partial charge on any atom is 0.255 e. The van der Waals surface area contributed by atoms with E-state index in [0.29, 0.717) is 17.2 Å². The molecule has 0 saturated heterocycles. The summed E-state index contributed by atoms with van der Waals surface area (Å²) in [5.41, 5.74) is 1.55. The van der Waals surface area contributed by atoms with E-state index in [0.717, 1.165) is 11.3 Å². The molecule has 1 aromatic carbocycles. The van der Waals surface area contributed by atoms with Crippen LogP contribution in [0.3, 0.4) is 0 Å². The Morgan fingerprint density at radius 2 is 2.00 bits per heavy atom. The second kappa shape index (κ2) is 5.93. The number of aryl methyl sites for hydroxylation is 2. The SMILES string of the molecule is Cc1cc(C(=O)NC(CCl)c2ccccc2)c(C)o1. The maximum absolute atomic E-state index is 12.2. The minimum atomic E-state index is -0.204. The predicted octanol–water partition coefficient (Wildman–Crippen LogP) is 3.61. The molecule has 0 spiro atoms. The van der Waals surface area contributed by atoms with Gasteiger partial charge in [0.05, 0.1) is 11.6 Å². The number of carbonyl (C=O) groups is 1. The Bertz CT molecular complexity index is 563. The third-order valence-corrected chi connectivity index (χ3v) is 3.26. The smallest absolute Gasteiger partial charge is 0.255 e. The molecule has 4 heteroatoms. The molecule has 19 heavy (non-hydrogen) atoms. The van der Waals surface area contributed by atoms with Crippen LogP contribution >= 0.6 is 11.6 Å². The molecule has 100 valence electrons. The summed E-state index contributed by atoms with van der Waals surface area (Å²) in [6.45, 7) is 3.60. The Morgan fingerprint density at radius 1 is 1.32 bits per heavy atom. The lowest BCUT2D eigenvalue weighted by molar-refractivity contribution is 0.0939. The van der Waals surface area contributed by atoms with Gasteiger partial charge in [0, 0.05) is 5.88 Å². The normalized spacial score (nSPS) is 12.2. The minimum absolute atomic E-state index is 0.163. The first-order chi connectivity index (χ1) is 9.11. The summed E-state index contributed by atoms with van der Waals surface area (Å²) in [4.78, 5) is 12.2. The molecule has 0 aliphatic rings. The van der Waals surface area contributed by atoms with Crippen LogP contribution in [0.5, 0.6) is 0 Å². The number of alkyl halides is 1. The third-order valence-electron chi connectivity index (χ3n) is 2.95. The predicted molar refractivity (Wildman–Crippen MR) is 75.6 cm³/mol. The van der Waals surface area contributed by atoms with Crippen molar-refractivity contribution in [3.8, 4) is 0 Å². The summed E-state index contributed by atoms with van der Waals surface area (Å²) in [5, 5.41) is 2.92. The van der Waals surface area contributed by atoms with E-state index in [1.54, 1.807) is 13.0 Å². The van der Waals surface area contributed by atoms with Crippen molar-refractivity contribution in [2.75, 3.05) is 5.88 Å². The van der Waals surface area contributed by atoms with E-state index in [-0.39, 0.29) is 11.9 Å². The van der Waals surface area contributed by atoms with Crippen molar-refractivity contribution in [1.82, 2.24) is 5.32 Å². The molecule has 1 N–H and O–H groups in total. The fourth-order valence-electron chi connectivity index (χ4n) is 1.99. The summed E-state index contributed by atoms with van der Waals surface area (Å²) in [7, 11) is 0. The van der Waals surface area contributed by atoms with Crippen LogP contribution in [0, 0.1) is 13.8 Å². The quantitative estimate of drug-likeness (QED) is 0.868. The highest BCUT2D eigenvalue weighted by Crippen LogP contribution is 2.18. The van der Waals surface area contributed by atoms with E-state index in [2.05, 4.69) is 5.32 Å². The molecule has 0 saturated carbocycles. The van der Waals surface area contributed by atoms with Crippen molar-refractivity contribution < 1.29 is 9.21 Å². The molecule has 0 aliphatic carbocycles. The molecule has 1 aromatic heterocycles. The Labute approximate surface area is 117 Å². The first-order valence-corrected chi connectivity index (χ1v) is 6.64. The van der Waals surface area contributed by atoms with Crippen LogP contribution in [0.1, 0.15) is 33.5 Å². The molecular weight excluding hydrogens is 262 g/mol. The molecule has 1 amide bonds. The van der Waals surface area contributed by atoms with Gasteiger partial charge >= 0.3 is 0 Å². The number of benzene rings is 1. The zero-order valence-electron chi connectivity index (χ0n) is 10.9. The van der Waals surface area contributed by atoms with Gasteiger partial charge in [-0.3, -0.25) is 4.79 Å². The van der Waals surface area contributed by atoms with Gasteiger partial charge in [-0.15, -0.1) is 11.6 Å². The fourth-order valence-corrected chi connectivity index (χ4v) is 2.24. The number of rotatable bonds is 4. The van der Waals surface area contributed by atoms with Crippen LogP contribution in [-0.4, -0.2) is 11.8 Å². The lowest BCUT2D eigenvalue weighted by Gasteiger charge is -2.16. The lowest BCUT2D eigenvalue weighted by Crippen LogP contribution is -2.29. The Morgan fingerprint density at radius 3 is 2.53 bits per heavy atom. The maximum atomic E-state index is 12.2. The van der Waals surface area contributed by atoms with Crippen molar-refractivity contribution in [2.45, 2.75) is 19.9 Å². The van der Waals surface area contributed by atoms with Gasteiger partial charge in [-0.05, 0) is 25.5 Å². The van der Waals surface area contributed by atoms with Gasteiger partial charge in [0.15, 0.2) is 0 Å².